The largest absolute Gasteiger partial charge is 0.257 e. The molecule has 0 aliphatic carbocycles. The Bertz CT molecular complexity index is 63.4. The SMILES string of the molecule is CCC[N+](I)(I)CC. The zero-order valence-corrected chi connectivity index (χ0v) is 9.64. The van der Waals surface area contributed by atoms with Crippen molar-refractivity contribution in [3.8, 4) is 0 Å². The van der Waals surface area contributed by atoms with Crippen molar-refractivity contribution >= 4 is 45.7 Å². The van der Waals surface area contributed by atoms with E-state index < -0.39 is 0 Å². The van der Waals surface area contributed by atoms with Crippen LogP contribution in [0.2, 0.25) is 0 Å². The number of nitrogens with zero attached hydrogens (tertiary/aromatic N) is 1. The summed E-state index contributed by atoms with van der Waals surface area (Å²) in [5, 5.41) is 0. The Morgan fingerprint density at radius 2 is 1.75 bits per heavy atom. The summed E-state index contributed by atoms with van der Waals surface area (Å²) in [6.07, 6.45) is 1.28. The molecule has 0 aromatic rings. The van der Waals surface area contributed by atoms with E-state index in [-0.39, 0.29) is 0 Å². The fourth-order valence-electron chi connectivity index (χ4n) is 0.485. The first-order chi connectivity index (χ1) is 3.62. The van der Waals surface area contributed by atoms with Gasteiger partial charge in [0, 0.05) is 0 Å². The predicted octanol–water partition coefficient (Wildman–Crippen LogP) is 2.93. The second-order valence-corrected chi connectivity index (χ2v) is 7.35. The van der Waals surface area contributed by atoms with E-state index in [2.05, 4.69) is 59.6 Å². The van der Waals surface area contributed by atoms with Crippen LogP contribution in [0.4, 0.5) is 0 Å². The first-order valence-electron chi connectivity index (χ1n) is 2.88. The third kappa shape index (κ3) is 4.31. The minimum Gasteiger partial charge on any atom is -0.212 e. The minimum absolute atomic E-state index is 1.10. The van der Waals surface area contributed by atoms with Crippen molar-refractivity contribution in [2.45, 2.75) is 20.3 Å². The molecule has 0 saturated heterocycles. The van der Waals surface area contributed by atoms with Crippen molar-refractivity contribution in [1.29, 1.82) is 0 Å². The molecule has 0 rings (SSSR count). The monoisotopic (exact) mass is 340 g/mol. The number of quaternary nitrogens is 1. The molecule has 50 valence electrons. The average Bonchev–Trinajstić information content (AvgIpc) is 1.67. The Hall–Kier alpha value is 1.42. The van der Waals surface area contributed by atoms with Crippen LogP contribution in [0.15, 0.2) is 0 Å². The standard InChI is InChI=1S/C5H12I2N/c1-3-5-8(6,7)4-2/h3-5H2,1-2H3/q+1. The van der Waals surface area contributed by atoms with Gasteiger partial charge in [0.15, 0.2) is 0 Å². The molecule has 0 aromatic heterocycles. The number of hydrogen-bond donors (Lipinski definition) is 0. The van der Waals surface area contributed by atoms with Crippen molar-refractivity contribution in [2.75, 3.05) is 13.1 Å². The molecule has 0 atom stereocenters. The van der Waals surface area contributed by atoms with Gasteiger partial charge in [-0.25, -0.2) is 0.910 Å². The summed E-state index contributed by atoms with van der Waals surface area (Å²) in [6, 6.07) is 0. The zero-order valence-electron chi connectivity index (χ0n) is 5.32. The normalized spacial score (nSPS) is 12.0. The van der Waals surface area contributed by atoms with E-state index in [4.69, 9.17) is 0 Å². The lowest BCUT2D eigenvalue weighted by molar-refractivity contribution is -0.552. The molecule has 0 amide bonds. The summed E-state index contributed by atoms with van der Waals surface area (Å²) in [5.41, 5.74) is 0. The van der Waals surface area contributed by atoms with Gasteiger partial charge in [-0.2, -0.15) is 0 Å². The molecule has 0 aliphatic rings. The number of rotatable bonds is 3. The van der Waals surface area contributed by atoms with Gasteiger partial charge in [0.05, 0.1) is 13.1 Å². The number of halogens is 2. The smallest absolute Gasteiger partial charge is 0.212 e. The van der Waals surface area contributed by atoms with Crippen LogP contribution in [-0.4, -0.2) is 14.0 Å². The van der Waals surface area contributed by atoms with Gasteiger partial charge in [0.25, 0.3) is 45.7 Å². The van der Waals surface area contributed by atoms with E-state index in [0.717, 1.165) is 0.910 Å². The van der Waals surface area contributed by atoms with E-state index in [1.165, 1.54) is 19.5 Å². The Labute approximate surface area is 79.4 Å². The van der Waals surface area contributed by atoms with Gasteiger partial charge in [0.1, 0.15) is 0 Å². The Kier molecular flexibility index (Phi) is 5.03. The summed E-state index contributed by atoms with van der Waals surface area (Å²) >= 11 is 4.93. The lowest BCUT2D eigenvalue weighted by atomic mass is 10.5. The number of hydrogen-bond acceptors (Lipinski definition) is 0. The van der Waals surface area contributed by atoms with Crippen molar-refractivity contribution in [1.82, 2.24) is 0 Å². The van der Waals surface area contributed by atoms with E-state index in [0.29, 0.717) is 0 Å². The van der Waals surface area contributed by atoms with Crippen molar-refractivity contribution in [3.63, 3.8) is 0 Å². The summed E-state index contributed by atoms with van der Waals surface area (Å²) < 4.78 is 1.10. The highest BCUT2D eigenvalue weighted by atomic mass is 127. The molecule has 0 heterocycles. The average molecular weight is 340 g/mol. The highest BCUT2D eigenvalue weighted by Crippen LogP contribution is 2.23. The van der Waals surface area contributed by atoms with Crippen LogP contribution in [-0.2, 0) is 0 Å². The molecule has 1 nitrogen and oxygen atoms in total. The molecular formula is C5H12I2N+. The van der Waals surface area contributed by atoms with Crippen molar-refractivity contribution in [2.24, 2.45) is 0 Å². The lowest BCUT2D eigenvalue weighted by Crippen LogP contribution is -2.24. The lowest BCUT2D eigenvalue weighted by Gasteiger charge is -2.18. The maximum absolute atomic E-state index is 2.46. The molecular weight excluding hydrogens is 328 g/mol. The minimum atomic E-state index is 1.10. The topological polar surface area (TPSA) is 0 Å². The molecule has 0 aromatic carbocycles. The first-order valence-corrected chi connectivity index (χ1v) is 4.81. The third-order valence-corrected chi connectivity index (χ3v) is 3.34. The predicted molar refractivity (Wildman–Crippen MR) is 54.0 cm³/mol. The van der Waals surface area contributed by atoms with Crippen LogP contribution in [0.1, 0.15) is 20.3 Å². The Balaban J connectivity index is 3.37. The fourth-order valence-corrected chi connectivity index (χ4v) is 1.45. The second-order valence-electron chi connectivity index (χ2n) is 1.81. The Morgan fingerprint density at radius 1 is 1.25 bits per heavy atom. The van der Waals surface area contributed by atoms with Gasteiger partial charge in [-0.3, -0.25) is 0 Å². The second kappa shape index (κ2) is 4.27. The maximum atomic E-state index is 2.46. The van der Waals surface area contributed by atoms with E-state index >= 15 is 0 Å². The summed E-state index contributed by atoms with van der Waals surface area (Å²) in [5.74, 6) is 0. The van der Waals surface area contributed by atoms with E-state index in [1.807, 2.05) is 0 Å². The van der Waals surface area contributed by atoms with Gasteiger partial charge in [-0.1, -0.05) is 6.92 Å². The molecule has 0 radical (unpaired) electrons. The van der Waals surface area contributed by atoms with Gasteiger partial charge in [0.2, 0.25) is 0 Å². The Morgan fingerprint density at radius 3 is 1.88 bits per heavy atom. The van der Waals surface area contributed by atoms with Gasteiger partial charge < -0.3 is 0 Å². The van der Waals surface area contributed by atoms with Gasteiger partial charge in [-0.15, -0.1) is 0 Å². The summed E-state index contributed by atoms with van der Waals surface area (Å²) in [7, 11) is 0. The van der Waals surface area contributed by atoms with E-state index in [1.54, 1.807) is 0 Å². The molecule has 0 saturated carbocycles. The van der Waals surface area contributed by atoms with Crippen molar-refractivity contribution in [3.05, 3.63) is 0 Å². The molecule has 3 heteroatoms. The molecule has 0 unspecified atom stereocenters. The first kappa shape index (κ1) is 9.42. The zero-order chi connectivity index (χ0) is 6.62. The molecule has 8 heavy (non-hydrogen) atoms. The van der Waals surface area contributed by atoms with Gasteiger partial charge >= 0.3 is 0 Å². The highest BCUT2D eigenvalue weighted by Gasteiger charge is 2.15. The summed E-state index contributed by atoms with van der Waals surface area (Å²) in [4.78, 5) is 0. The van der Waals surface area contributed by atoms with Crippen LogP contribution < -0.4 is 0 Å². The molecule has 0 bridgehead atoms. The highest BCUT2D eigenvalue weighted by molar-refractivity contribution is 14.2. The van der Waals surface area contributed by atoms with Crippen molar-refractivity contribution < 1.29 is 0.910 Å². The molecule has 0 N–H and O–H groups in total. The molecule has 0 spiro atoms. The van der Waals surface area contributed by atoms with Crippen LogP contribution in [0.3, 0.4) is 0 Å². The quantitative estimate of drug-likeness (QED) is 0.548. The molecule has 0 aliphatic heterocycles. The summed E-state index contributed by atoms with van der Waals surface area (Å²) in [6.45, 7) is 6.93. The van der Waals surface area contributed by atoms with Gasteiger partial charge in [-0.05, 0) is 13.3 Å². The van der Waals surface area contributed by atoms with Crippen LogP contribution in [0.5, 0.6) is 0 Å². The van der Waals surface area contributed by atoms with Crippen LogP contribution >= 0.6 is 45.7 Å². The van der Waals surface area contributed by atoms with Crippen LogP contribution in [0, 0.1) is 0 Å². The third-order valence-electron chi connectivity index (χ3n) is 1.01. The maximum Gasteiger partial charge on any atom is 0.257 e. The van der Waals surface area contributed by atoms with E-state index in [9.17, 15) is 0 Å². The van der Waals surface area contributed by atoms with Crippen LogP contribution in [0.25, 0.3) is 0 Å². The fraction of sp³-hybridized carbons (Fsp3) is 1.00. The molecule has 0 fully saturated rings.